The first-order chi connectivity index (χ1) is 30.6. The molecule has 14 nitrogen and oxygen atoms in total. The maximum atomic E-state index is 14.6. The van der Waals surface area contributed by atoms with Crippen molar-refractivity contribution in [2.24, 2.45) is 0 Å². The van der Waals surface area contributed by atoms with Crippen molar-refractivity contribution in [3.63, 3.8) is 0 Å². The molecule has 0 aliphatic carbocycles. The van der Waals surface area contributed by atoms with E-state index in [1.807, 2.05) is 149 Å². The number of nitrogens with one attached hydrogen (secondary N) is 8. The number of thioether (sulfide) groups is 2. The lowest BCUT2D eigenvalue weighted by molar-refractivity contribution is -0.135. The van der Waals surface area contributed by atoms with Crippen LogP contribution in [0.4, 0.5) is 0 Å². The molecule has 2 heterocycles. The Hall–Kier alpha value is -5.68. The quantitative estimate of drug-likeness (QED) is 0.0648. The van der Waals surface area contributed by atoms with Crippen molar-refractivity contribution < 1.29 is 28.8 Å². The van der Waals surface area contributed by atoms with Crippen molar-refractivity contribution in [1.82, 2.24) is 42.5 Å². The van der Waals surface area contributed by atoms with E-state index in [4.69, 9.17) is 0 Å². The minimum Gasteiger partial charge on any atom is -0.352 e. The third-order valence-corrected chi connectivity index (χ3v) is 13.9. The van der Waals surface area contributed by atoms with Crippen LogP contribution in [0.3, 0.4) is 0 Å². The number of hydrogen-bond acceptors (Lipinski definition) is 10. The molecule has 4 aromatic rings. The standard InChI is InChI=1S/C48H58N8O6S2/c1-45(2)31-53-47(63-45,39(41(59)51-29-35-21-13-7-14-22-35)55-37(57)27-33-17-9-5-10-18-33)43(61)49-25-26-50-44(62)48(54-32-46(3,4)64-48)40(42(60)52-30-36-23-15-8-16-24-36)56-38(58)28-34-19-11-6-12-20-34/h5-24,39-40,53-54H,25-32H2,1-4H3,(H,49,61)(H,50,62)(H,51,59)(H,52,60)(H,55,57)(H,56,58). The summed E-state index contributed by atoms with van der Waals surface area (Å²) in [6.07, 6.45) is -0.0205. The lowest BCUT2D eigenvalue weighted by Crippen LogP contribution is -2.69. The first-order valence-corrected chi connectivity index (χ1v) is 23.0. The summed E-state index contributed by atoms with van der Waals surface area (Å²) >= 11 is 2.49. The number of amides is 6. The van der Waals surface area contributed by atoms with Gasteiger partial charge in [-0.15, -0.1) is 23.5 Å². The number of carbonyl (C=O) groups is 6. The molecule has 0 radical (unpaired) electrons. The molecule has 0 spiro atoms. The van der Waals surface area contributed by atoms with Crippen molar-refractivity contribution in [2.75, 3.05) is 26.2 Å². The van der Waals surface area contributed by atoms with Crippen molar-refractivity contribution >= 4 is 59.0 Å². The summed E-state index contributed by atoms with van der Waals surface area (Å²) in [5, 5.41) is 24.0. The summed E-state index contributed by atoms with van der Waals surface area (Å²) < 4.78 is -1.03. The summed E-state index contributed by atoms with van der Waals surface area (Å²) in [7, 11) is 0. The SMILES string of the molecule is CC1(C)CNC(C(=O)NCCNC(=O)C2(C(NC(=O)Cc3ccccc3)C(=O)NCc3ccccc3)NCC(C)(C)S2)(C(NC(=O)Cc2ccccc2)C(=O)NCc2ccccc2)S1. The molecule has 0 bridgehead atoms. The van der Waals surface area contributed by atoms with Crippen molar-refractivity contribution in [1.29, 1.82) is 0 Å². The van der Waals surface area contributed by atoms with Crippen LogP contribution in [-0.4, -0.2) is 92.9 Å². The minimum absolute atomic E-state index is 0.0102. The van der Waals surface area contributed by atoms with Gasteiger partial charge in [-0.1, -0.05) is 121 Å². The third-order valence-electron chi connectivity index (χ3n) is 10.8. The fraction of sp³-hybridized carbons (Fsp3) is 0.375. The highest BCUT2D eigenvalue weighted by Crippen LogP contribution is 2.44. The second kappa shape index (κ2) is 21.3. The Morgan fingerprint density at radius 1 is 0.484 bits per heavy atom. The van der Waals surface area contributed by atoms with Crippen molar-refractivity contribution in [3.05, 3.63) is 144 Å². The molecule has 64 heavy (non-hydrogen) atoms. The van der Waals surface area contributed by atoms with E-state index in [-0.39, 0.29) is 39.0 Å². The number of carbonyl (C=O) groups excluding carboxylic acids is 6. The Bertz CT molecular complexity index is 2090. The molecule has 16 heteroatoms. The van der Waals surface area contributed by atoms with E-state index in [0.29, 0.717) is 13.1 Å². The molecule has 6 amide bonds. The predicted octanol–water partition coefficient (Wildman–Crippen LogP) is 2.93. The van der Waals surface area contributed by atoms with Crippen LogP contribution in [0, 0.1) is 0 Å². The maximum Gasteiger partial charge on any atom is 0.253 e. The van der Waals surface area contributed by atoms with Gasteiger partial charge in [-0.2, -0.15) is 0 Å². The molecule has 338 valence electrons. The first-order valence-electron chi connectivity index (χ1n) is 21.4. The van der Waals surface area contributed by atoms with E-state index in [1.54, 1.807) is 0 Å². The highest BCUT2D eigenvalue weighted by molar-refractivity contribution is 8.03. The van der Waals surface area contributed by atoms with E-state index >= 15 is 0 Å². The molecule has 2 aliphatic heterocycles. The van der Waals surface area contributed by atoms with Crippen LogP contribution in [0.1, 0.15) is 49.9 Å². The summed E-state index contributed by atoms with van der Waals surface area (Å²) in [5.74, 6) is -3.10. The number of benzene rings is 4. The van der Waals surface area contributed by atoms with Crippen LogP contribution in [0.25, 0.3) is 0 Å². The van der Waals surface area contributed by atoms with Crippen LogP contribution in [0.5, 0.6) is 0 Å². The molecule has 2 saturated heterocycles. The Morgan fingerprint density at radius 3 is 1.09 bits per heavy atom. The first kappa shape index (κ1) is 47.8. The van der Waals surface area contributed by atoms with Gasteiger partial charge in [0.2, 0.25) is 23.6 Å². The van der Waals surface area contributed by atoms with Gasteiger partial charge in [-0.3, -0.25) is 39.4 Å². The van der Waals surface area contributed by atoms with E-state index in [0.717, 1.165) is 22.3 Å². The molecule has 4 atom stereocenters. The third kappa shape index (κ3) is 12.5. The predicted molar refractivity (Wildman–Crippen MR) is 252 cm³/mol. The molecule has 4 unspecified atom stereocenters. The van der Waals surface area contributed by atoms with Crippen LogP contribution in [0.2, 0.25) is 0 Å². The van der Waals surface area contributed by atoms with Gasteiger partial charge in [0.15, 0.2) is 9.74 Å². The highest BCUT2D eigenvalue weighted by atomic mass is 32.2. The lowest BCUT2D eigenvalue weighted by Gasteiger charge is -2.37. The zero-order valence-corrected chi connectivity index (χ0v) is 38.3. The van der Waals surface area contributed by atoms with E-state index in [2.05, 4.69) is 42.5 Å². The van der Waals surface area contributed by atoms with Gasteiger partial charge in [-0.25, -0.2) is 0 Å². The molecule has 0 aromatic heterocycles. The minimum atomic E-state index is -1.64. The Balaban J connectivity index is 1.20. The Labute approximate surface area is 383 Å². The lowest BCUT2D eigenvalue weighted by atomic mass is 10.0. The van der Waals surface area contributed by atoms with Crippen LogP contribution in [0.15, 0.2) is 121 Å². The average molecular weight is 907 g/mol. The fourth-order valence-electron chi connectivity index (χ4n) is 7.62. The van der Waals surface area contributed by atoms with Gasteiger partial charge in [0.1, 0.15) is 12.1 Å². The molecule has 2 aliphatic rings. The molecule has 6 rings (SSSR count). The second-order valence-electron chi connectivity index (χ2n) is 17.1. The van der Waals surface area contributed by atoms with E-state index in [9.17, 15) is 28.8 Å². The van der Waals surface area contributed by atoms with Crippen molar-refractivity contribution in [3.8, 4) is 0 Å². The van der Waals surface area contributed by atoms with Crippen LogP contribution in [-0.2, 0) is 54.7 Å². The topological polar surface area (TPSA) is 199 Å². The maximum absolute atomic E-state index is 14.6. The van der Waals surface area contributed by atoms with E-state index < -0.39 is 66.8 Å². The normalized spacial score (nSPS) is 20.5. The average Bonchev–Trinajstić information content (AvgIpc) is 3.81. The highest BCUT2D eigenvalue weighted by Gasteiger charge is 2.59. The number of hydrogen-bond donors (Lipinski definition) is 8. The van der Waals surface area contributed by atoms with Gasteiger partial charge < -0.3 is 31.9 Å². The zero-order chi connectivity index (χ0) is 45.8. The van der Waals surface area contributed by atoms with E-state index in [1.165, 1.54) is 23.5 Å². The van der Waals surface area contributed by atoms with Crippen molar-refractivity contribution in [2.45, 2.75) is 84.9 Å². The van der Waals surface area contributed by atoms with Crippen LogP contribution >= 0.6 is 23.5 Å². The molecule has 4 aromatic carbocycles. The molecular weight excluding hydrogens is 849 g/mol. The Kier molecular flexibility index (Phi) is 15.9. The second-order valence-corrected chi connectivity index (χ2v) is 21.1. The summed E-state index contributed by atoms with van der Waals surface area (Å²) in [5.41, 5.74) is 3.17. The largest absolute Gasteiger partial charge is 0.352 e. The van der Waals surface area contributed by atoms with Gasteiger partial charge in [0.25, 0.3) is 11.8 Å². The smallest absolute Gasteiger partial charge is 0.253 e. The van der Waals surface area contributed by atoms with Gasteiger partial charge in [0.05, 0.1) is 12.8 Å². The molecule has 0 saturated carbocycles. The summed E-state index contributed by atoms with van der Waals surface area (Å²) in [6.45, 7) is 8.70. The van der Waals surface area contributed by atoms with Gasteiger partial charge >= 0.3 is 0 Å². The summed E-state index contributed by atoms with van der Waals surface area (Å²) in [4.78, 5) is 81.5. The molecule has 8 N–H and O–H groups in total. The zero-order valence-electron chi connectivity index (χ0n) is 36.6. The Morgan fingerprint density at radius 2 is 0.797 bits per heavy atom. The number of rotatable bonds is 19. The van der Waals surface area contributed by atoms with Gasteiger partial charge in [0, 0.05) is 48.8 Å². The monoisotopic (exact) mass is 906 g/mol. The summed E-state index contributed by atoms with van der Waals surface area (Å²) in [6, 6.07) is 34.2. The van der Waals surface area contributed by atoms with Gasteiger partial charge in [-0.05, 0) is 49.9 Å². The van der Waals surface area contributed by atoms with Crippen LogP contribution < -0.4 is 42.5 Å². The molecular formula is C48H58N8O6S2. The fourth-order valence-corrected chi connectivity index (χ4v) is 10.8. The molecule has 2 fully saturated rings.